The molecule has 0 aliphatic carbocycles. The van der Waals surface area contributed by atoms with E-state index in [9.17, 15) is 14.9 Å². The zero-order valence-corrected chi connectivity index (χ0v) is 7.91. The molecule has 0 aliphatic heterocycles. The minimum Gasteiger partial charge on any atom is -0.349 e. The number of benzene rings is 1. The lowest BCUT2D eigenvalue weighted by Crippen LogP contribution is -2.29. The van der Waals surface area contributed by atoms with E-state index in [4.69, 9.17) is 5.84 Å². The van der Waals surface area contributed by atoms with E-state index >= 15 is 0 Å². The second-order valence-corrected chi connectivity index (χ2v) is 2.73. The molecule has 0 spiro atoms. The molecule has 1 rings (SSSR count). The number of nitro groups is 1. The number of carbonyl (C=O) groups excluding carboxylic acids is 1. The standard InChI is InChI=1S/C8H9N3O4/c1-10(9)15-8(12)6-3-2-4-7(5-6)11(13)14/h2-5H,9H2,1H3. The fraction of sp³-hybridized carbons (Fsp3) is 0.125. The van der Waals surface area contributed by atoms with E-state index in [2.05, 4.69) is 4.84 Å². The van der Waals surface area contributed by atoms with E-state index in [1.54, 1.807) is 0 Å². The number of hydroxylamine groups is 1. The van der Waals surface area contributed by atoms with Crippen molar-refractivity contribution in [3.05, 3.63) is 39.9 Å². The first kappa shape index (κ1) is 11.1. The van der Waals surface area contributed by atoms with Gasteiger partial charge in [0.05, 0.1) is 10.5 Å². The van der Waals surface area contributed by atoms with E-state index in [1.165, 1.54) is 25.2 Å². The third kappa shape index (κ3) is 3.01. The van der Waals surface area contributed by atoms with Gasteiger partial charge in [-0.3, -0.25) is 10.1 Å². The molecule has 2 N–H and O–H groups in total. The maximum Gasteiger partial charge on any atom is 0.358 e. The maximum absolute atomic E-state index is 11.3. The highest BCUT2D eigenvalue weighted by molar-refractivity contribution is 5.89. The van der Waals surface area contributed by atoms with Crippen molar-refractivity contribution in [2.45, 2.75) is 0 Å². The van der Waals surface area contributed by atoms with Crippen molar-refractivity contribution in [2.24, 2.45) is 5.84 Å². The summed E-state index contributed by atoms with van der Waals surface area (Å²) in [6.45, 7) is 0. The van der Waals surface area contributed by atoms with Gasteiger partial charge >= 0.3 is 5.97 Å². The molecule has 0 atom stereocenters. The summed E-state index contributed by atoms with van der Waals surface area (Å²) in [5, 5.41) is 11.1. The minimum atomic E-state index is -0.747. The molecule has 0 radical (unpaired) electrons. The van der Waals surface area contributed by atoms with Crippen LogP contribution < -0.4 is 5.84 Å². The molecular weight excluding hydrogens is 202 g/mol. The van der Waals surface area contributed by atoms with Crippen molar-refractivity contribution in [1.82, 2.24) is 5.17 Å². The Hall–Kier alpha value is -1.99. The van der Waals surface area contributed by atoms with Gasteiger partial charge in [0.1, 0.15) is 0 Å². The van der Waals surface area contributed by atoms with E-state index in [-0.39, 0.29) is 11.3 Å². The largest absolute Gasteiger partial charge is 0.358 e. The summed E-state index contributed by atoms with van der Waals surface area (Å²) < 4.78 is 0. The van der Waals surface area contributed by atoms with Crippen LogP contribution in [0.5, 0.6) is 0 Å². The van der Waals surface area contributed by atoms with Gasteiger partial charge in [0.25, 0.3) is 5.69 Å². The summed E-state index contributed by atoms with van der Waals surface area (Å²) >= 11 is 0. The molecule has 7 nitrogen and oxygen atoms in total. The number of nitro benzene ring substituents is 1. The molecule has 80 valence electrons. The molecule has 0 saturated heterocycles. The molecule has 0 unspecified atom stereocenters. The number of carbonyl (C=O) groups is 1. The van der Waals surface area contributed by atoms with Crippen LogP contribution in [-0.4, -0.2) is 23.1 Å². The number of rotatable bonds is 3. The average Bonchev–Trinajstić information content (AvgIpc) is 2.17. The minimum absolute atomic E-state index is 0.0708. The Balaban J connectivity index is 2.90. The number of hydrazine groups is 1. The molecule has 0 saturated carbocycles. The summed E-state index contributed by atoms with van der Waals surface area (Å²) in [6.07, 6.45) is 0. The Bertz CT molecular complexity index is 391. The van der Waals surface area contributed by atoms with Gasteiger partial charge in [0.15, 0.2) is 0 Å². The summed E-state index contributed by atoms with van der Waals surface area (Å²) in [5.41, 5.74) is -0.106. The molecule has 0 aromatic heterocycles. The monoisotopic (exact) mass is 211 g/mol. The molecule has 15 heavy (non-hydrogen) atoms. The van der Waals surface area contributed by atoms with Gasteiger partial charge in [-0.1, -0.05) is 11.2 Å². The van der Waals surface area contributed by atoms with Crippen LogP contribution in [0, 0.1) is 10.1 Å². The van der Waals surface area contributed by atoms with Crippen molar-refractivity contribution in [1.29, 1.82) is 0 Å². The van der Waals surface area contributed by atoms with Gasteiger partial charge < -0.3 is 4.84 Å². The molecule has 0 fully saturated rings. The predicted octanol–water partition coefficient (Wildman–Crippen LogP) is 0.472. The lowest BCUT2D eigenvalue weighted by molar-refractivity contribution is -0.384. The predicted molar refractivity (Wildman–Crippen MR) is 50.5 cm³/mol. The lowest BCUT2D eigenvalue weighted by atomic mass is 10.2. The second kappa shape index (κ2) is 4.49. The third-order valence-electron chi connectivity index (χ3n) is 1.52. The number of non-ortho nitro benzene ring substituents is 1. The summed E-state index contributed by atoms with van der Waals surface area (Å²) in [5.74, 6) is 4.34. The van der Waals surface area contributed by atoms with Gasteiger partial charge in [-0.05, 0) is 6.07 Å². The van der Waals surface area contributed by atoms with Crippen molar-refractivity contribution in [3.8, 4) is 0 Å². The Labute approximate surface area is 85.1 Å². The normalized spacial score (nSPS) is 10.1. The first-order valence-electron chi connectivity index (χ1n) is 3.96. The van der Waals surface area contributed by atoms with E-state index in [0.717, 1.165) is 11.2 Å². The molecule has 7 heteroatoms. The van der Waals surface area contributed by atoms with Gasteiger partial charge in [0.2, 0.25) is 0 Å². The van der Waals surface area contributed by atoms with Crippen LogP contribution in [0.15, 0.2) is 24.3 Å². The second-order valence-electron chi connectivity index (χ2n) is 2.73. The quantitative estimate of drug-likeness (QED) is 0.443. The number of nitrogens with two attached hydrogens (primary N) is 1. The first-order chi connectivity index (χ1) is 7.00. The van der Waals surface area contributed by atoms with E-state index in [1.807, 2.05) is 0 Å². The maximum atomic E-state index is 11.3. The zero-order valence-electron chi connectivity index (χ0n) is 7.91. The van der Waals surface area contributed by atoms with Crippen LogP contribution in [0.25, 0.3) is 0 Å². The Morgan fingerprint density at radius 3 is 2.80 bits per heavy atom. The molecule has 1 aromatic rings. The highest BCUT2D eigenvalue weighted by atomic mass is 16.7. The Kier molecular flexibility index (Phi) is 3.32. The number of hydrogen-bond donors (Lipinski definition) is 1. The van der Waals surface area contributed by atoms with E-state index in [0.29, 0.717) is 0 Å². The topological polar surface area (TPSA) is 98.7 Å². The molecule has 0 amide bonds. The fourth-order valence-corrected chi connectivity index (χ4v) is 0.930. The van der Waals surface area contributed by atoms with Crippen LogP contribution in [0.1, 0.15) is 10.4 Å². The van der Waals surface area contributed by atoms with Crippen molar-refractivity contribution in [2.75, 3.05) is 7.05 Å². The molecular formula is C8H9N3O4. The van der Waals surface area contributed by atoms with Crippen LogP contribution in [0.3, 0.4) is 0 Å². The highest BCUT2D eigenvalue weighted by Crippen LogP contribution is 2.13. The van der Waals surface area contributed by atoms with Gasteiger partial charge in [-0.2, -0.15) is 0 Å². The van der Waals surface area contributed by atoms with Gasteiger partial charge in [-0.15, -0.1) is 0 Å². The van der Waals surface area contributed by atoms with Crippen LogP contribution in [0.2, 0.25) is 0 Å². The van der Waals surface area contributed by atoms with Crippen LogP contribution in [0.4, 0.5) is 5.69 Å². The smallest absolute Gasteiger partial charge is 0.349 e. The summed E-state index contributed by atoms with van der Waals surface area (Å²) in [4.78, 5) is 25.6. The molecule has 1 aromatic carbocycles. The van der Waals surface area contributed by atoms with Crippen molar-refractivity contribution < 1.29 is 14.6 Å². The summed E-state index contributed by atoms with van der Waals surface area (Å²) in [7, 11) is 1.33. The van der Waals surface area contributed by atoms with Gasteiger partial charge in [-0.25, -0.2) is 10.6 Å². The molecule has 0 heterocycles. The molecule has 0 aliphatic rings. The average molecular weight is 211 g/mol. The number of nitrogens with zero attached hydrogens (tertiary/aromatic N) is 2. The number of hydrogen-bond acceptors (Lipinski definition) is 6. The summed E-state index contributed by atoms with van der Waals surface area (Å²) in [6, 6.07) is 5.19. The van der Waals surface area contributed by atoms with Crippen molar-refractivity contribution >= 4 is 11.7 Å². The zero-order chi connectivity index (χ0) is 11.4. The van der Waals surface area contributed by atoms with Crippen LogP contribution in [-0.2, 0) is 4.84 Å². The highest BCUT2D eigenvalue weighted by Gasteiger charge is 2.13. The molecule has 0 bridgehead atoms. The van der Waals surface area contributed by atoms with E-state index < -0.39 is 10.9 Å². The van der Waals surface area contributed by atoms with Gasteiger partial charge in [0, 0.05) is 19.2 Å². The first-order valence-corrected chi connectivity index (χ1v) is 3.96. The Morgan fingerprint density at radius 2 is 2.27 bits per heavy atom. The van der Waals surface area contributed by atoms with Crippen LogP contribution >= 0.6 is 0 Å². The SMILES string of the molecule is CN(N)OC(=O)c1cccc([N+](=O)[O-])c1. The van der Waals surface area contributed by atoms with Crippen molar-refractivity contribution in [3.63, 3.8) is 0 Å². The third-order valence-corrected chi connectivity index (χ3v) is 1.52. The Morgan fingerprint density at radius 1 is 1.60 bits per heavy atom. The lowest BCUT2D eigenvalue weighted by Gasteiger charge is -2.08. The fourth-order valence-electron chi connectivity index (χ4n) is 0.930.